The molecular weight excluding hydrogens is 216 g/mol. The Morgan fingerprint density at radius 1 is 1.41 bits per heavy atom. The van der Waals surface area contributed by atoms with E-state index in [-0.39, 0.29) is 5.54 Å². The summed E-state index contributed by atoms with van der Waals surface area (Å²) in [6, 6.07) is 0. The van der Waals surface area contributed by atoms with Crippen molar-refractivity contribution in [3.05, 3.63) is 0 Å². The summed E-state index contributed by atoms with van der Waals surface area (Å²) in [5, 5.41) is 0. The van der Waals surface area contributed by atoms with Crippen LogP contribution in [0.1, 0.15) is 33.6 Å². The molecule has 0 aromatic rings. The van der Waals surface area contributed by atoms with Crippen molar-refractivity contribution in [2.45, 2.75) is 51.4 Å². The highest BCUT2D eigenvalue weighted by Crippen LogP contribution is 2.38. The SMILES string of the molecule is CCOC1CC(CN)(N(C)CCOC(C)C)C1. The van der Waals surface area contributed by atoms with Gasteiger partial charge in [0.1, 0.15) is 0 Å². The lowest BCUT2D eigenvalue weighted by molar-refractivity contribution is -0.0979. The van der Waals surface area contributed by atoms with Crippen LogP contribution in [-0.2, 0) is 9.47 Å². The van der Waals surface area contributed by atoms with Crippen LogP contribution >= 0.6 is 0 Å². The van der Waals surface area contributed by atoms with Crippen LogP contribution in [0.15, 0.2) is 0 Å². The highest BCUT2D eigenvalue weighted by molar-refractivity contribution is 5.03. The Kier molecular flexibility index (Phi) is 5.86. The Bertz CT molecular complexity index is 215. The van der Waals surface area contributed by atoms with E-state index in [2.05, 4.69) is 25.8 Å². The third-order valence-corrected chi connectivity index (χ3v) is 3.69. The van der Waals surface area contributed by atoms with E-state index in [1.165, 1.54) is 0 Å². The molecule has 0 radical (unpaired) electrons. The van der Waals surface area contributed by atoms with Crippen LogP contribution in [0.3, 0.4) is 0 Å². The first-order valence-corrected chi connectivity index (χ1v) is 6.68. The van der Waals surface area contributed by atoms with Gasteiger partial charge in [0.05, 0.1) is 18.8 Å². The fourth-order valence-corrected chi connectivity index (χ4v) is 2.44. The van der Waals surface area contributed by atoms with Crippen LogP contribution in [0, 0.1) is 0 Å². The molecule has 1 aliphatic carbocycles. The molecule has 102 valence electrons. The molecule has 0 aliphatic heterocycles. The molecule has 0 spiro atoms. The lowest BCUT2D eigenvalue weighted by atomic mass is 9.73. The average Bonchev–Trinajstić information content (AvgIpc) is 2.22. The summed E-state index contributed by atoms with van der Waals surface area (Å²) in [5.74, 6) is 0. The van der Waals surface area contributed by atoms with E-state index < -0.39 is 0 Å². The maximum Gasteiger partial charge on any atom is 0.0611 e. The first-order valence-electron chi connectivity index (χ1n) is 6.68. The zero-order valence-electron chi connectivity index (χ0n) is 11.7. The van der Waals surface area contributed by atoms with E-state index in [1.807, 2.05) is 6.92 Å². The minimum Gasteiger partial charge on any atom is -0.378 e. The van der Waals surface area contributed by atoms with Gasteiger partial charge in [0.25, 0.3) is 0 Å². The predicted molar refractivity (Wildman–Crippen MR) is 70.2 cm³/mol. The molecule has 0 atom stereocenters. The van der Waals surface area contributed by atoms with Crippen molar-refractivity contribution in [1.82, 2.24) is 4.90 Å². The average molecular weight is 244 g/mol. The van der Waals surface area contributed by atoms with Crippen molar-refractivity contribution < 1.29 is 9.47 Å². The molecule has 0 amide bonds. The normalized spacial score (nSPS) is 28.8. The van der Waals surface area contributed by atoms with Gasteiger partial charge in [-0.2, -0.15) is 0 Å². The first kappa shape index (κ1) is 14.9. The molecule has 4 heteroatoms. The van der Waals surface area contributed by atoms with Gasteiger partial charge in [-0.05, 0) is 40.7 Å². The molecule has 0 aromatic heterocycles. The molecule has 1 fully saturated rings. The van der Waals surface area contributed by atoms with Crippen LogP contribution < -0.4 is 5.73 Å². The molecule has 0 bridgehead atoms. The van der Waals surface area contributed by atoms with Gasteiger partial charge in [0.2, 0.25) is 0 Å². The molecule has 0 saturated heterocycles. The van der Waals surface area contributed by atoms with Crippen LogP contribution in [0.5, 0.6) is 0 Å². The molecule has 1 rings (SSSR count). The van der Waals surface area contributed by atoms with Crippen molar-refractivity contribution >= 4 is 0 Å². The molecule has 17 heavy (non-hydrogen) atoms. The van der Waals surface area contributed by atoms with Gasteiger partial charge in [-0.15, -0.1) is 0 Å². The second kappa shape index (κ2) is 6.69. The van der Waals surface area contributed by atoms with Gasteiger partial charge in [-0.3, -0.25) is 4.90 Å². The summed E-state index contributed by atoms with van der Waals surface area (Å²) in [6.07, 6.45) is 2.80. The molecule has 0 heterocycles. The molecule has 0 aromatic carbocycles. The second-order valence-corrected chi connectivity index (χ2v) is 5.26. The third kappa shape index (κ3) is 3.91. The maximum absolute atomic E-state index is 5.92. The molecule has 2 N–H and O–H groups in total. The van der Waals surface area contributed by atoms with Crippen LogP contribution in [-0.4, -0.2) is 56.0 Å². The summed E-state index contributed by atoms with van der Waals surface area (Å²) in [6.45, 7) is 9.38. The highest BCUT2D eigenvalue weighted by atomic mass is 16.5. The smallest absolute Gasteiger partial charge is 0.0611 e. The maximum atomic E-state index is 5.92. The van der Waals surface area contributed by atoms with E-state index in [1.54, 1.807) is 0 Å². The van der Waals surface area contributed by atoms with E-state index in [0.717, 1.165) is 32.6 Å². The molecule has 4 nitrogen and oxygen atoms in total. The number of ether oxygens (including phenoxy) is 2. The first-order chi connectivity index (χ1) is 8.04. The lowest BCUT2D eigenvalue weighted by Crippen LogP contribution is -2.63. The summed E-state index contributed by atoms with van der Waals surface area (Å²) in [4.78, 5) is 2.34. The highest BCUT2D eigenvalue weighted by Gasteiger charge is 2.46. The Morgan fingerprint density at radius 2 is 2.06 bits per heavy atom. The van der Waals surface area contributed by atoms with Crippen LogP contribution in [0.25, 0.3) is 0 Å². The minimum atomic E-state index is 0.139. The van der Waals surface area contributed by atoms with E-state index >= 15 is 0 Å². The Morgan fingerprint density at radius 3 is 2.53 bits per heavy atom. The topological polar surface area (TPSA) is 47.7 Å². The number of nitrogens with zero attached hydrogens (tertiary/aromatic N) is 1. The molecular formula is C13H28N2O2. The zero-order valence-corrected chi connectivity index (χ0v) is 11.7. The number of rotatable bonds is 8. The van der Waals surface area contributed by atoms with Crippen molar-refractivity contribution in [3.8, 4) is 0 Å². The third-order valence-electron chi connectivity index (χ3n) is 3.69. The quantitative estimate of drug-likeness (QED) is 0.698. The summed E-state index contributed by atoms with van der Waals surface area (Å²) >= 11 is 0. The molecule has 1 saturated carbocycles. The molecule has 1 aliphatic rings. The van der Waals surface area contributed by atoms with Crippen molar-refractivity contribution in [2.75, 3.05) is 33.4 Å². The standard InChI is InChI=1S/C13H28N2O2/c1-5-16-12-8-13(9-12,10-14)15(4)6-7-17-11(2)3/h11-12H,5-10,14H2,1-4H3. The van der Waals surface area contributed by atoms with Crippen molar-refractivity contribution in [2.24, 2.45) is 5.73 Å². The summed E-state index contributed by atoms with van der Waals surface area (Å²) in [5.41, 5.74) is 6.06. The lowest BCUT2D eigenvalue weighted by Gasteiger charge is -2.52. The van der Waals surface area contributed by atoms with E-state index in [9.17, 15) is 0 Å². The van der Waals surface area contributed by atoms with Gasteiger partial charge >= 0.3 is 0 Å². The minimum absolute atomic E-state index is 0.139. The van der Waals surface area contributed by atoms with Crippen LogP contribution in [0.4, 0.5) is 0 Å². The second-order valence-electron chi connectivity index (χ2n) is 5.26. The van der Waals surface area contributed by atoms with Gasteiger partial charge in [-0.25, -0.2) is 0 Å². The Labute approximate surface area is 105 Å². The summed E-state index contributed by atoms with van der Waals surface area (Å²) in [7, 11) is 2.14. The summed E-state index contributed by atoms with van der Waals surface area (Å²) < 4.78 is 11.2. The fraction of sp³-hybridized carbons (Fsp3) is 1.00. The van der Waals surface area contributed by atoms with Crippen LogP contribution in [0.2, 0.25) is 0 Å². The van der Waals surface area contributed by atoms with Gasteiger partial charge in [0, 0.05) is 25.2 Å². The zero-order chi connectivity index (χ0) is 12.9. The van der Waals surface area contributed by atoms with Crippen molar-refractivity contribution in [1.29, 1.82) is 0 Å². The van der Waals surface area contributed by atoms with Crippen molar-refractivity contribution in [3.63, 3.8) is 0 Å². The number of likely N-dealkylation sites (N-methyl/N-ethyl adjacent to an activating group) is 1. The van der Waals surface area contributed by atoms with Gasteiger partial charge < -0.3 is 15.2 Å². The van der Waals surface area contributed by atoms with Gasteiger partial charge in [-0.1, -0.05) is 0 Å². The number of hydrogen-bond donors (Lipinski definition) is 1. The Hall–Kier alpha value is -0.160. The van der Waals surface area contributed by atoms with E-state index in [0.29, 0.717) is 18.8 Å². The Balaban J connectivity index is 2.30. The van der Waals surface area contributed by atoms with E-state index in [4.69, 9.17) is 15.2 Å². The van der Waals surface area contributed by atoms with Gasteiger partial charge in [0.15, 0.2) is 0 Å². The monoisotopic (exact) mass is 244 g/mol. The number of nitrogens with two attached hydrogens (primary N) is 1. The molecule has 0 unspecified atom stereocenters. The largest absolute Gasteiger partial charge is 0.378 e. The predicted octanol–water partition coefficient (Wildman–Crippen LogP) is 1.24. The fourth-order valence-electron chi connectivity index (χ4n) is 2.44. The number of hydrogen-bond acceptors (Lipinski definition) is 4.